The van der Waals surface area contributed by atoms with Crippen LogP contribution >= 0.6 is 11.6 Å². The van der Waals surface area contributed by atoms with Gasteiger partial charge in [0.15, 0.2) is 0 Å². The first-order valence-corrected chi connectivity index (χ1v) is 9.76. The van der Waals surface area contributed by atoms with Gasteiger partial charge >= 0.3 is 5.69 Å². The molecular formula is C21H21ClFN5O3. The topological polar surface area (TPSA) is 113 Å². The van der Waals surface area contributed by atoms with E-state index in [1.165, 1.54) is 21.6 Å². The van der Waals surface area contributed by atoms with E-state index in [1.54, 1.807) is 7.05 Å². The van der Waals surface area contributed by atoms with Crippen molar-refractivity contribution >= 4 is 34.7 Å². The Balaban J connectivity index is 1.74. The van der Waals surface area contributed by atoms with Crippen molar-refractivity contribution in [1.82, 2.24) is 9.55 Å². The highest BCUT2D eigenvalue weighted by Crippen LogP contribution is 2.20. The van der Waals surface area contributed by atoms with Gasteiger partial charge in [-0.2, -0.15) is 0 Å². The molecule has 4 N–H and O–H groups in total. The van der Waals surface area contributed by atoms with Crippen LogP contribution in [0.4, 0.5) is 21.6 Å². The summed E-state index contributed by atoms with van der Waals surface area (Å²) in [6, 6.07) is 13.1. The summed E-state index contributed by atoms with van der Waals surface area (Å²) in [4.78, 5) is 40.6. The van der Waals surface area contributed by atoms with Gasteiger partial charge in [-0.25, -0.2) is 9.18 Å². The van der Waals surface area contributed by atoms with Crippen molar-refractivity contribution in [2.24, 2.45) is 0 Å². The maximum atomic E-state index is 13.8. The highest BCUT2D eigenvalue weighted by molar-refractivity contribution is 6.30. The minimum atomic E-state index is -0.654. The predicted octanol–water partition coefficient (Wildman–Crippen LogP) is 2.42. The first kappa shape index (κ1) is 22.1. The first-order chi connectivity index (χ1) is 14.8. The number of nitrogen functional groups attached to an aromatic ring is 1. The van der Waals surface area contributed by atoms with Gasteiger partial charge in [0.05, 0.1) is 12.2 Å². The minimum Gasteiger partial charge on any atom is -0.383 e. The number of carbonyl (C=O) groups is 1. The second kappa shape index (κ2) is 9.48. The van der Waals surface area contributed by atoms with Crippen molar-refractivity contribution in [2.75, 3.05) is 29.5 Å². The molecule has 3 rings (SSSR count). The Morgan fingerprint density at radius 2 is 1.94 bits per heavy atom. The van der Waals surface area contributed by atoms with Crippen molar-refractivity contribution in [1.29, 1.82) is 0 Å². The number of hydrogen-bond acceptors (Lipinski definition) is 5. The lowest BCUT2D eigenvalue weighted by molar-refractivity contribution is -0.116. The van der Waals surface area contributed by atoms with Crippen molar-refractivity contribution in [3.8, 4) is 0 Å². The van der Waals surface area contributed by atoms with Crippen LogP contribution in [0.1, 0.15) is 12.0 Å². The zero-order chi connectivity index (χ0) is 22.5. The summed E-state index contributed by atoms with van der Waals surface area (Å²) in [6.07, 6.45) is -0.0464. The van der Waals surface area contributed by atoms with Gasteiger partial charge in [-0.05, 0) is 23.8 Å². The van der Waals surface area contributed by atoms with E-state index < -0.39 is 23.0 Å². The third kappa shape index (κ3) is 5.32. The standard InChI is InChI=1S/C21H21ClFN5O3/c1-27(10-9-17(29)25-16-8-7-14(22)11-15(16)23)18-19(24)28(21(31)26-20(18)30)12-13-5-3-2-4-6-13/h2-8,11H,9-10,12,24H2,1H3,(H,25,29)(H,26,30,31). The summed E-state index contributed by atoms with van der Waals surface area (Å²) in [5.41, 5.74) is 5.77. The molecule has 0 fully saturated rings. The molecule has 10 heteroatoms. The van der Waals surface area contributed by atoms with Gasteiger partial charge in [0.2, 0.25) is 5.91 Å². The first-order valence-electron chi connectivity index (χ1n) is 9.39. The number of H-pyrrole nitrogens is 1. The maximum Gasteiger partial charge on any atom is 0.330 e. The van der Waals surface area contributed by atoms with Crippen LogP contribution in [0.5, 0.6) is 0 Å². The SMILES string of the molecule is CN(CCC(=O)Nc1ccc(Cl)cc1F)c1c(N)n(Cc2ccccc2)c(=O)[nH]c1=O. The van der Waals surface area contributed by atoms with E-state index in [0.717, 1.165) is 11.6 Å². The third-order valence-electron chi connectivity index (χ3n) is 4.66. The fourth-order valence-electron chi connectivity index (χ4n) is 3.05. The molecule has 0 unspecified atom stereocenters. The predicted molar refractivity (Wildman–Crippen MR) is 119 cm³/mol. The molecule has 0 spiro atoms. The van der Waals surface area contributed by atoms with E-state index in [9.17, 15) is 18.8 Å². The van der Waals surface area contributed by atoms with Crippen LogP contribution in [0.3, 0.4) is 0 Å². The molecule has 0 aliphatic rings. The molecule has 2 aromatic carbocycles. The summed E-state index contributed by atoms with van der Waals surface area (Å²) < 4.78 is 15.1. The molecule has 1 amide bonds. The fourth-order valence-corrected chi connectivity index (χ4v) is 3.21. The number of benzene rings is 2. The van der Waals surface area contributed by atoms with Gasteiger partial charge in [0.1, 0.15) is 17.3 Å². The molecular weight excluding hydrogens is 425 g/mol. The number of amides is 1. The van der Waals surface area contributed by atoms with Gasteiger partial charge in [-0.15, -0.1) is 0 Å². The largest absolute Gasteiger partial charge is 0.383 e. The third-order valence-corrected chi connectivity index (χ3v) is 4.89. The summed E-state index contributed by atoms with van der Waals surface area (Å²) in [5, 5.41) is 2.67. The smallest absolute Gasteiger partial charge is 0.330 e. The lowest BCUT2D eigenvalue weighted by atomic mass is 10.2. The number of rotatable bonds is 7. The Kier molecular flexibility index (Phi) is 6.76. The van der Waals surface area contributed by atoms with Gasteiger partial charge in [-0.3, -0.25) is 19.1 Å². The van der Waals surface area contributed by atoms with E-state index in [2.05, 4.69) is 10.3 Å². The van der Waals surface area contributed by atoms with E-state index in [-0.39, 0.29) is 41.7 Å². The number of carbonyl (C=O) groups excluding carboxylic acids is 1. The van der Waals surface area contributed by atoms with E-state index in [0.29, 0.717) is 0 Å². The summed E-state index contributed by atoms with van der Waals surface area (Å²) in [6.45, 7) is 0.289. The van der Waals surface area contributed by atoms with Gasteiger partial charge in [-0.1, -0.05) is 41.9 Å². The molecule has 0 aliphatic carbocycles. The second-order valence-electron chi connectivity index (χ2n) is 6.91. The molecule has 0 saturated heterocycles. The summed E-state index contributed by atoms with van der Waals surface area (Å²) in [7, 11) is 1.58. The highest BCUT2D eigenvalue weighted by atomic mass is 35.5. The molecule has 0 saturated carbocycles. The quantitative estimate of drug-likeness (QED) is 0.517. The number of aromatic nitrogens is 2. The minimum absolute atomic E-state index is 0.00539. The average molecular weight is 446 g/mol. The molecule has 0 radical (unpaired) electrons. The van der Waals surface area contributed by atoms with Crippen LogP contribution in [0.2, 0.25) is 5.02 Å². The number of aromatic amines is 1. The van der Waals surface area contributed by atoms with Crippen LogP contribution in [-0.4, -0.2) is 29.1 Å². The number of nitrogens with zero attached hydrogens (tertiary/aromatic N) is 2. The number of nitrogens with one attached hydrogen (secondary N) is 2. The number of nitrogens with two attached hydrogens (primary N) is 1. The molecule has 1 aromatic heterocycles. The molecule has 8 nitrogen and oxygen atoms in total. The van der Waals surface area contributed by atoms with Gasteiger partial charge < -0.3 is 16.0 Å². The molecule has 0 bridgehead atoms. The fraction of sp³-hybridized carbons (Fsp3) is 0.190. The number of hydrogen-bond donors (Lipinski definition) is 3. The highest BCUT2D eigenvalue weighted by Gasteiger charge is 2.17. The monoisotopic (exact) mass is 445 g/mol. The Labute approximate surface area is 182 Å². The lowest BCUT2D eigenvalue weighted by Crippen LogP contribution is -2.38. The van der Waals surface area contributed by atoms with Crippen LogP contribution < -0.4 is 27.2 Å². The number of halogens is 2. The van der Waals surface area contributed by atoms with Crippen molar-refractivity contribution in [3.63, 3.8) is 0 Å². The van der Waals surface area contributed by atoms with E-state index in [1.807, 2.05) is 30.3 Å². The van der Waals surface area contributed by atoms with Crippen LogP contribution in [-0.2, 0) is 11.3 Å². The van der Waals surface area contributed by atoms with E-state index >= 15 is 0 Å². The molecule has 0 atom stereocenters. The Bertz CT molecular complexity index is 1210. The van der Waals surface area contributed by atoms with Crippen LogP contribution in [0.25, 0.3) is 0 Å². The Morgan fingerprint density at radius 1 is 1.23 bits per heavy atom. The van der Waals surface area contributed by atoms with E-state index in [4.69, 9.17) is 17.3 Å². The van der Waals surface area contributed by atoms with Crippen molar-refractivity contribution < 1.29 is 9.18 Å². The Hall–Kier alpha value is -3.59. The average Bonchev–Trinajstić information content (AvgIpc) is 2.72. The van der Waals surface area contributed by atoms with Crippen LogP contribution in [0, 0.1) is 5.82 Å². The van der Waals surface area contributed by atoms with Gasteiger partial charge in [0, 0.05) is 25.0 Å². The number of anilines is 3. The second-order valence-corrected chi connectivity index (χ2v) is 7.35. The zero-order valence-corrected chi connectivity index (χ0v) is 17.4. The van der Waals surface area contributed by atoms with Crippen molar-refractivity contribution in [3.05, 3.63) is 85.8 Å². The Morgan fingerprint density at radius 3 is 2.61 bits per heavy atom. The molecule has 162 valence electrons. The van der Waals surface area contributed by atoms with Gasteiger partial charge in [0.25, 0.3) is 5.56 Å². The lowest BCUT2D eigenvalue weighted by Gasteiger charge is -2.21. The maximum absolute atomic E-state index is 13.8. The zero-order valence-electron chi connectivity index (χ0n) is 16.7. The molecule has 0 aliphatic heterocycles. The molecule has 31 heavy (non-hydrogen) atoms. The summed E-state index contributed by atoms with van der Waals surface area (Å²) >= 11 is 5.70. The van der Waals surface area contributed by atoms with Crippen molar-refractivity contribution in [2.45, 2.75) is 13.0 Å². The summed E-state index contributed by atoms with van der Waals surface area (Å²) in [5.74, 6) is -1.12. The molecule has 1 heterocycles. The van der Waals surface area contributed by atoms with Crippen LogP contribution in [0.15, 0.2) is 58.1 Å². The molecule has 3 aromatic rings. The normalized spacial score (nSPS) is 10.7.